The first-order valence-electron chi connectivity index (χ1n) is 11.9. The minimum Gasteiger partial charge on any atom is -0.444 e. The van der Waals surface area contributed by atoms with Crippen LogP contribution >= 0.6 is 0 Å². The van der Waals surface area contributed by atoms with Gasteiger partial charge in [-0.3, -0.25) is 0 Å². The minimum atomic E-state index is -3.48. The Labute approximate surface area is 207 Å². The van der Waals surface area contributed by atoms with Crippen LogP contribution in [0.4, 0.5) is 16.4 Å². The summed E-state index contributed by atoms with van der Waals surface area (Å²) in [5.74, 6) is 0.933. The summed E-state index contributed by atoms with van der Waals surface area (Å²) >= 11 is 0. The van der Waals surface area contributed by atoms with Crippen LogP contribution in [0, 0.1) is 5.92 Å². The van der Waals surface area contributed by atoms with E-state index in [0.29, 0.717) is 43.7 Å². The Bertz CT molecular complexity index is 1080. The van der Waals surface area contributed by atoms with E-state index in [1.54, 1.807) is 42.3 Å². The van der Waals surface area contributed by atoms with Gasteiger partial charge in [0.2, 0.25) is 16.0 Å². The average molecular weight is 505 g/mol. The lowest BCUT2D eigenvalue weighted by molar-refractivity contribution is 0.0184. The third-order valence-corrected chi connectivity index (χ3v) is 7.04. The zero-order valence-corrected chi connectivity index (χ0v) is 21.7. The number of anilines is 2. The third kappa shape index (κ3) is 8.44. The van der Waals surface area contributed by atoms with Crippen molar-refractivity contribution in [3.8, 4) is 0 Å². The Hall–Kier alpha value is -2.76. The van der Waals surface area contributed by atoms with Crippen molar-refractivity contribution in [2.45, 2.75) is 57.6 Å². The van der Waals surface area contributed by atoms with Crippen LogP contribution in [0.25, 0.3) is 0 Å². The highest BCUT2D eigenvalue weighted by Crippen LogP contribution is 2.20. The number of rotatable bonds is 9. The first kappa shape index (κ1) is 26.8. The van der Waals surface area contributed by atoms with E-state index in [-0.39, 0.29) is 11.0 Å². The number of nitrogens with zero attached hydrogens (tertiary/aromatic N) is 3. The zero-order valence-electron chi connectivity index (χ0n) is 20.9. The molecule has 2 heterocycles. The van der Waals surface area contributed by atoms with Gasteiger partial charge in [0.05, 0.1) is 10.6 Å². The average Bonchev–Trinajstić information content (AvgIpc) is 2.79. The summed E-state index contributed by atoms with van der Waals surface area (Å²) in [5, 5.41) is 6.57. The maximum atomic E-state index is 12.2. The number of piperidine rings is 1. The molecule has 0 aliphatic carbocycles. The molecule has 1 aromatic heterocycles. The van der Waals surface area contributed by atoms with Gasteiger partial charge in [-0.15, -0.1) is 0 Å². The Balaban J connectivity index is 1.45. The fourth-order valence-electron chi connectivity index (χ4n) is 3.73. The molecular formula is C24H36N6O4S. The summed E-state index contributed by atoms with van der Waals surface area (Å²) in [6, 6.07) is 8.30. The number of likely N-dealkylation sites (tertiary alicyclic amines) is 1. The van der Waals surface area contributed by atoms with Gasteiger partial charge in [0, 0.05) is 38.1 Å². The van der Waals surface area contributed by atoms with E-state index in [1.807, 2.05) is 26.8 Å². The predicted molar refractivity (Wildman–Crippen MR) is 135 cm³/mol. The van der Waals surface area contributed by atoms with Crippen LogP contribution in [0.2, 0.25) is 0 Å². The molecule has 3 N–H and O–H groups in total. The van der Waals surface area contributed by atoms with Crippen molar-refractivity contribution in [2.75, 3.05) is 31.5 Å². The SMILES string of the molecule is CCNS(=O)(=O)c1ccc(Nc2nccc(CNCC3CCN(C(=O)OC(C)(C)C)CC3)n2)cc1. The van der Waals surface area contributed by atoms with Crippen LogP contribution in [0.15, 0.2) is 41.4 Å². The molecule has 1 saturated heterocycles. The second kappa shape index (κ2) is 11.8. The molecule has 0 atom stereocenters. The fourth-order valence-corrected chi connectivity index (χ4v) is 4.77. The van der Waals surface area contributed by atoms with Gasteiger partial charge in [0.1, 0.15) is 5.60 Å². The molecule has 1 aliphatic heterocycles. The van der Waals surface area contributed by atoms with Crippen LogP contribution < -0.4 is 15.4 Å². The van der Waals surface area contributed by atoms with E-state index >= 15 is 0 Å². The second-order valence-electron chi connectivity index (χ2n) is 9.56. The molecule has 1 aliphatic rings. The van der Waals surface area contributed by atoms with Gasteiger partial charge >= 0.3 is 6.09 Å². The molecule has 0 bridgehead atoms. The van der Waals surface area contributed by atoms with E-state index in [2.05, 4.69) is 25.3 Å². The Morgan fingerprint density at radius 2 is 1.83 bits per heavy atom. The van der Waals surface area contributed by atoms with E-state index in [0.717, 1.165) is 25.1 Å². The molecule has 35 heavy (non-hydrogen) atoms. The van der Waals surface area contributed by atoms with Gasteiger partial charge < -0.3 is 20.3 Å². The first-order valence-corrected chi connectivity index (χ1v) is 13.4. The number of amides is 1. The van der Waals surface area contributed by atoms with Crippen LogP contribution in [-0.2, 0) is 21.3 Å². The number of carbonyl (C=O) groups is 1. The number of hydrogen-bond acceptors (Lipinski definition) is 8. The molecule has 3 rings (SSSR count). The number of ether oxygens (including phenoxy) is 1. The second-order valence-corrected chi connectivity index (χ2v) is 11.3. The Morgan fingerprint density at radius 1 is 1.14 bits per heavy atom. The maximum Gasteiger partial charge on any atom is 0.410 e. The molecule has 11 heteroatoms. The van der Waals surface area contributed by atoms with Crippen LogP contribution in [0.5, 0.6) is 0 Å². The van der Waals surface area contributed by atoms with Crippen LogP contribution in [-0.4, -0.2) is 61.2 Å². The lowest BCUT2D eigenvalue weighted by Gasteiger charge is -2.33. The lowest BCUT2D eigenvalue weighted by Crippen LogP contribution is -2.43. The Kier molecular flexibility index (Phi) is 9.03. The standard InChI is InChI=1S/C24H36N6O4S/c1-5-27-35(32,33)21-8-6-19(7-9-21)28-22-26-13-10-20(29-22)17-25-16-18-11-14-30(15-12-18)23(31)34-24(2,3)4/h6-10,13,18,25,27H,5,11-12,14-17H2,1-4H3,(H,26,28,29). The van der Waals surface area contributed by atoms with Crippen molar-refractivity contribution < 1.29 is 17.9 Å². The molecule has 0 unspecified atom stereocenters. The maximum absolute atomic E-state index is 12.2. The van der Waals surface area contributed by atoms with Gasteiger partial charge in [-0.25, -0.2) is 27.9 Å². The molecule has 1 aromatic carbocycles. The number of hydrogen-bond donors (Lipinski definition) is 3. The lowest BCUT2D eigenvalue weighted by atomic mass is 9.97. The smallest absolute Gasteiger partial charge is 0.410 e. The summed E-state index contributed by atoms with van der Waals surface area (Å²) in [7, 11) is -3.48. The molecular weight excluding hydrogens is 468 g/mol. The van der Waals surface area contributed by atoms with Gasteiger partial charge in [0.15, 0.2) is 0 Å². The van der Waals surface area contributed by atoms with Crippen LogP contribution in [0.1, 0.15) is 46.2 Å². The summed E-state index contributed by atoms with van der Waals surface area (Å²) in [5.41, 5.74) is 1.07. The molecule has 1 fully saturated rings. The normalized spacial score (nSPS) is 15.1. The van der Waals surface area contributed by atoms with E-state index in [1.165, 1.54) is 0 Å². The number of sulfonamides is 1. The van der Waals surface area contributed by atoms with Gasteiger partial charge in [-0.2, -0.15) is 0 Å². The number of benzene rings is 1. The van der Waals surface area contributed by atoms with Crippen molar-refractivity contribution in [3.63, 3.8) is 0 Å². The van der Waals surface area contributed by atoms with Crippen molar-refractivity contribution in [1.29, 1.82) is 0 Å². The molecule has 2 aromatic rings. The highest BCUT2D eigenvalue weighted by atomic mass is 32.2. The molecule has 10 nitrogen and oxygen atoms in total. The molecule has 0 radical (unpaired) electrons. The van der Waals surface area contributed by atoms with E-state index in [4.69, 9.17) is 4.74 Å². The Morgan fingerprint density at radius 3 is 2.46 bits per heavy atom. The predicted octanol–water partition coefficient (Wildman–Crippen LogP) is 3.26. The third-order valence-electron chi connectivity index (χ3n) is 5.47. The topological polar surface area (TPSA) is 126 Å². The quantitative estimate of drug-likeness (QED) is 0.475. The highest BCUT2D eigenvalue weighted by Gasteiger charge is 2.26. The monoisotopic (exact) mass is 504 g/mol. The number of nitrogens with one attached hydrogen (secondary N) is 3. The molecule has 0 saturated carbocycles. The minimum absolute atomic E-state index is 0.209. The van der Waals surface area contributed by atoms with Gasteiger partial charge in [0.25, 0.3) is 0 Å². The summed E-state index contributed by atoms with van der Waals surface area (Å²) in [6.07, 6.45) is 3.32. The van der Waals surface area contributed by atoms with Crippen molar-refractivity contribution in [3.05, 3.63) is 42.2 Å². The molecule has 1 amide bonds. The summed E-state index contributed by atoms with van der Waals surface area (Å²) in [4.78, 5) is 23.0. The van der Waals surface area contributed by atoms with Crippen molar-refractivity contribution >= 4 is 27.8 Å². The largest absolute Gasteiger partial charge is 0.444 e. The van der Waals surface area contributed by atoms with E-state index in [9.17, 15) is 13.2 Å². The van der Waals surface area contributed by atoms with Crippen molar-refractivity contribution in [1.82, 2.24) is 24.9 Å². The number of aromatic nitrogens is 2. The summed E-state index contributed by atoms with van der Waals surface area (Å²) < 4.78 is 32.1. The van der Waals surface area contributed by atoms with E-state index < -0.39 is 15.6 Å². The fraction of sp³-hybridized carbons (Fsp3) is 0.542. The first-order chi connectivity index (χ1) is 16.6. The molecule has 0 spiro atoms. The highest BCUT2D eigenvalue weighted by molar-refractivity contribution is 7.89. The van der Waals surface area contributed by atoms with Crippen molar-refractivity contribution in [2.24, 2.45) is 5.92 Å². The summed E-state index contributed by atoms with van der Waals surface area (Å²) in [6.45, 7) is 10.6. The van der Waals surface area contributed by atoms with Gasteiger partial charge in [-0.05, 0) is 76.4 Å². The van der Waals surface area contributed by atoms with Gasteiger partial charge in [-0.1, -0.05) is 6.92 Å². The van der Waals surface area contributed by atoms with Crippen LogP contribution in [0.3, 0.4) is 0 Å². The number of carbonyl (C=O) groups excluding carboxylic acids is 1. The zero-order chi connectivity index (χ0) is 25.5. The molecule has 192 valence electrons.